The number of anilines is 1. The first-order chi connectivity index (χ1) is 5.79. The molecular weight excluding hydrogens is 218 g/mol. The summed E-state index contributed by atoms with van der Waals surface area (Å²) >= 11 is 4.08. The summed E-state index contributed by atoms with van der Waals surface area (Å²) in [6, 6.07) is 7.36. The fourth-order valence-electron chi connectivity index (χ4n) is 0.474. The maximum atomic E-state index is 8.60. The second-order valence-electron chi connectivity index (χ2n) is 1.99. The van der Waals surface area contributed by atoms with Gasteiger partial charge in [0, 0.05) is 10.6 Å². The SMILES string of the molecule is Nc1ccc(S)cc1.[O-][Cl+3]([O-])([O-])O. The van der Waals surface area contributed by atoms with Crippen LogP contribution in [-0.4, -0.2) is 4.66 Å². The zero-order valence-electron chi connectivity index (χ0n) is 6.38. The molecule has 1 aromatic rings. The summed E-state index contributed by atoms with van der Waals surface area (Å²) in [5, 5.41) is 0. The number of benzene rings is 1. The molecule has 0 saturated carbocycles. The third-order valence-electron chi connectivity index (χ3n) is 0.893. The lowest BCUT2D eigenvalue weighted by Gasteiger charge is -2.03. The molecule has 74 valence electrons. The molecule has 7 heteroatoms. The molecule has 0 spiro atoms. The molecule has 0 aliphatic rings. The van der Waals surface area contributed by atoms with Gasteiger partial charge in [-0.1, -0.05) is 0 Å². The topological polar surface area (TPSA) is 115 Å². The Hall–Kier alpha value is -0.500. The maximum Gasteiger partial charge on any atom is 0.0777 e. The molecule has 3 N–H and O–H groups in total. The quantitative estimate of drug-likeness (QED) is 0.332. The predicted octanol–water partition coefficient (Wildman–Crippen LogP) is -2.57. The first kappa shape index (κ1) is 12.5. The molecule has 5 nitrogen and oxygen atoms in total. The summed E-state index contributed by atoms with van der Waals surface area (Å²) in [6.45, 7) is 0. The summed E-state index contributed by atoms with van der Waals surface area (Å²) in [6.07, 6.45) is 0. The molecule has 0 heterocycles. The normalized spacial score (nSPS) is 10.2. The zero-order valence-corrected chi connectivity index (χ0v) is 8.03. The van der Waals surface area contributed by atoms with E-state index in [1.165, 1.54) is 0 Å². The van der Waals surface area contributed by atoms with Crippen molar-refractivity contribution in [3.05, 3.63) is 24.3 Å². The molecular formula is C6H8ClNO4S. The Morgan fingerprint density at radius 1 is 1.15 bits per heavy atom. The third kappa shape index (κ3) is 11.5. The van der Waals surface area contributed by atoms with Crippen LogP contribution in [0, 0.1) is 10.2 Å². The molecule has 1 aromatic carbocycles. The average molecular weight is 226 g/mol. The van der Waals surface area contributed by atoms with E-state index in [-0.39, 0.29) is 0 Å². The van der Waals surface area contributed by atoms with Gasteiger partial charge in [0.1, 0.15) is 0 Å². The second-order valence-corrected chi connectivity index (χ2v) is 3.30. The summed E-state index contributed by atoms with van der Waals surface area (Å²) in [5.74, 6) is 0. The van der Waals surface area contributed by atoms with Crippen molar-refractivity contribution in [2.45, 2.75) is 4.90 Å². The highest BCUT2D eigenvalue weighted by molar-refractivity contribution is 7.80. The van der Waals surface area contributed by atoms with Gasteiger partial charge in [-0.3, -0.25) is 0 Å². The van der Waals surface area contributed by atoms with Crippen LogP contribution in [0.25, 0.3) is 0 Å². The highest BCUT2D eigenvalue weighted by Crippen LogP contribution is 2.07. The van der Waals surface area contributed by atoms with E-state index >= 15 is 0 Å². The van der Waals surface area contributed by atoms with Gasteiger partial charge in [0.2, 0.25) is 0 Å². The summed E-state index contributed by atoms with van der Waals surface area (Å²) in [5.41, 5.74) is 6.17. The van der Waals surface area contributed by atoms with Gasteiger partial charge in [-0.25, -0.2) is 0 Å². The Morgan fingerprint density at radius 2 is 1.46 bits per heavy atom. The van der Waals surface area contributed by atoms with Gasteiger partial charge in [-0.2, -0.15) is 14.0 Å². The number of nitrogens with two attached hydrogens (primary N) is 1. The number of nitrogen functional groups attached to an aromatic ring is 1. The molecule has 0 aromatic heterocycles. The zero-order chi connectivity index (χ0) is 10.5. The third-order valence-corrected chi connectivity index (χ3v) is 1.19. The van der Waals surface area contributed by atoms with Gasteiger partial charge in [-0.15, -0.1) is 12.6 Å². The predicted molar refractivity (Wildman–Crippen MR) is 40.3 cm³/mol. The Bertz CT molecular complexity index is 221. The molecule has 0 unspecified atom stereocenters. The molecule has 0 fully saturated rings. The van der Waals surface area contributed by atoms with E-state index < -0.39 is 10.2 Å². The lowest BCUT2D eigenvalue weighted by molar-refractivity contribution is -1.92. The fourth-order valence-corrected chi connectivity index (χ4v) is 0.623. The van der Waals surface area contributed by atoms with Crippen LogP contribution in [0.15, 0.2) is 29.2 Å². The summed E-state index contributed by atoms with van der Waals surface area (Å²) < 4.78 is 32.7. The first-order valence-corrected chi connectivity index (χ1v) is 4.68. The van der Waals surface area contributed by atoms with E-state index in [2.05, 4.69) is 12.6 Å². The minimum Gasteiger partial charge on any atom is -0.399 e. The molecule has 0 amide bonds. The fraction of sp³-hybridized carbons (Fsp3) is 0. The van der Waals surface area contributed by atoms with Crippen molar-refractivity contribution < 1.29 is 28.9 Å². The first-order valence-electron chi connectivity index (χ1n) is 2.97. The van der Waals surface area contributed by atoms with Gasteiger partial charge in [0.15, 0.2) is 0 Å². The van der Waals surface area contributed by atoms with Crippen molar-refractivity contribution in [3.8, 4) is 0 Å². The molecule has 0 aliphatic carbocycles. The van der Waals surface area contributed by atoms with E-state index in [0.29, 0.717) is 0 Å². The van der Waals surface area contributed by atoms with E-state index in [1.54, 1.807) is 0 Å². The average Bonchev–Trinajstić information content (AvgIpc) is 1.92. The number of halogens is 1. The van der Waals surface area contributed by atoms with Gasteiger partial charge in [0.05, 0.1) is 14.9 Å². The molecule has 0 radical (unpaired) electrons. The smallest absolute Gasteiger partial charge is 0.0777 e. The van der Waals surface area contributed by atoms with E-state index in [9.17, 15) is 0 Å². The van der Waals surface area contributed by atoms with Gasteiger partial charge >= 0.3 is 0 Å². The summed E-state index contributed by atoms with van der Waals surface area (Å²) in [7, 11) is -4.69. The van der Waals surface area contributed by atoms with Crippen LogP contribution in [0.5, 0.6) is 0 Å². The van der Waals surface area contributed by atoms with Crippen molar-refractivity contribution in [1.82, 2.24) is 0 Å². The van der Waals surface area contributed by atoms with Crippen LogP contribution in [0.4, 0.5) is 5.69 Å². The van der Waals surface area contributed by atoms with Crippen LogP contribution in [0.3, 0.4) is 0 Å². The van der Waals surface area contributed by atoms with E-state index in [4.69, 9.17) is 24.4 Å². The lowest BCUT2D eigenvalue weighted by atomic mass is 10.3. The van der Waals surface area contributed by atoms with Crippen LogP contribution < -0.4 is 19.7 Å². The molecule has 0 aliphatic heterocycles. The highest BCUT2D eigenvalue weighted by Gasteiger charge is 1.98. The second kappa shape index (κ2) is 5.28. The molecule has 0 bridgehead atoms. The summed E-state index contributed by atoms with van der Waals surface area (Å²) in [4.78, 5) is 0.944. The molecule has 0 atom stereocenters. The molecule has 1 rings (SSSR count). The van der Waals surface area contributed by atoms with Crippen molar-refractivity contribution in [2.24, 2.45) is 0 Å². The molecule has 13 heavy (non-hydrogen) atoms. The monoisotopic (exact) mass is 225 g/mol. The number of thiol groups is 1. The minimum atomic E-state index is -4.69. The van der Waals surface area contributed by atoms with Crippen molar-refractivity contribution >= 4 is 18.3 Å². The maximum absolute atomic E-state index is 8.60. The lowest BCUT2D eigenvalue weighted by Crippen LogP contribution is -2.58. The van der Waals surface area contributed by atoms with Crippen LogP contribution in [0.2, 0.25) is 0 Å². The van der Waals surface area contributed by atoms with E-state index in [1.807, 2.05) is 24.3 Å². The molecule has 0 saturated heterocycles. The number of hydrogen-bond acceptors (Lipinski definition) is 6. The van der Waals surface area contributed by atoms with E-state index in [0.717, 1.165) is 10.6 Å². The van der Waals surface area contributed by atoms with Gasteiger partial charge in [0.25, 0.3) is 0 Å². The largest absolute Gasteiger partial charge is 0.399 e. The van der Waals surface area contributed by atoms with Crippen LogP contribution >= 0.6 is 12.6 Å². The Balaban J connectivity index is 0.000000252. The van der Waals surface area contributed by atoms with Crippen LogP contribution in [-0.2, 0) is 0 Å². The minimum absolute atomic E-state index is 0.780. The van der Waals surface area contributed by atoms with Gasteiger partial charge < -0.3 is 5.73 Å². The van der Waals surface area contributed by atoms with Crippen LogP contribution in [0.1, 0.15) is 0 Å². The highest BCUT2D eigenvalue weighted by atomic mass is 35.7. The Morgan fingerprint density at radius 3 is 1.69 bits per heavy atom. The van der Waals surface area contributed by atoms with Crippen molar-refractivity contribution in [1.29, 1.82) is 0 Å². The Kier molecular flexibility index (Phi) is 5.07. The Labute approximate surface area is 82.6 Å². The van der Waals surface area contributed by atoms with Crippen molar-refractivity contribution in [2.75, 3.05) is 5.73 Å². The number of hydrogen-bond donors (Lipinski definition) is 3. The standard InChI is InChI=1S/C6H7NS.ClHO4/c7-5-1-3-6(8)4-2-5;2-1(3,4)5/h1-4,8H,7H2;(H,2,3,4,5). The number of rotatable bonds is 0. The van der Waals surface area contributed by atoms with Crippen molar-refractivity contribution in [3.63, 3.8) is 0 Å². The van der Waals surface area contributed by atoms with Gasteiger partial charge in [-0.05, 0) is 24.3 Å².